The van der Waals surface area contributed by atoms with Crippen molar-refractivity contribution in [2.75, 3.05) is 10.6 Å². The topological polar surface area (TPSA) is 54.0 Å². The second-order valence-electron chi connectivity index (χ2n) is 4.83. The number of halogens is 2. The van der Waals surface area contributed by atoms with Crippen LogP contribution in [0.25, 0.3) is 0 Å². The minimum Gasteiger partial charge on any atom is -0.352 e. The van der Waals surface area contributed by atoms with E-state index in [1.807, 2.05) is 6.92 Å². The molecule has 4 nitrogen and oxygen atoms in total. The lowest BCUT2D eigenvalue weighted by Gasteiger charge is -2.08. The second kappa shape index (κ2) is 7.49. The first kappa shape index (κ1) is 15.9. The van der Waals surface area contributed by atoms with Gasteiger partial charge in [-0.15, -0.1) is 0 Å². The number of carbonyl (C=O) groups is 1. The number of anilines is 3. The van der Waals surface area contributed by atoms with Crippen LogP contribution in [0.1, 0.15) is 26.2 Å². The quantitative estimate of drug-likeness (QED) is 0.839. The molecule has 0 atom stereocenters. The van der Waals surface area contributed by atoms with Crippen LogP contribution in [-0.2, 0) is 4.79 Å². The monoisotopic (exact) mass is 305 g/mol. The first-order chi connectivity index (χ1) is 10.6. The molecule has 2 aromatic rings. The van der Waals surface area contributed by atoms with Gasteiger partial charge in [0.1, 0.15) is 17.5 Å². The maximum Gasteiger partial charge on any atom is 0.225 e. The van der Waals surface area contributed by atoms with E-state index in [1.165, 1.54) is 18.3 Å². The molecule has 0 aliphatic carbocycles. The third kappa shape index (κ3) is 4.51. The van der Waals surface area contributed by atoms with Gasteiger partial charge >= 0.3 is 0 Å². The van der Waals surface area contributed by atoms with Crippen molar-refractivity contribution in [1.29, 1.82) is 0 Å². The zero-order valence-corrected chi connectivity index (χ0v) is 12.2. The maximum atomic E-state index is 13.5. The Morgan fingerprint density at radius 3 is 2.68 bits per heavy atom. The lowest BCUT2D eigenvalue weighted by atomic mass is 10.2. The summed E-state index contributed by atoms with van der Waals surface area (Å²) in [6, 6.07) is 6.56. The molecule has 2 N–H and O–H groups in total. The molecule has 0 fully saturated rings. The Hall–Kier alpha value is -2.50. The van der Waals surface area contributed by atoms with E-state index < -0.39 is 11.6 Å². The average molecular weight is 305 g/mol. The zero-order chi connectivity index (χ0) is 15.9. The fraction of sp³-hybridized carbons (Fsp3) is 0.250. The number of aromatic nitrogens is 1. The van der Waals surface area contributed by atoms with Gasteiger partial charge in [0.25, 0.3) is 0 Å². The molecule has 0 aliphatic rings. The number of benzene rings is 1. The second-order valence-corrected chi connectivity index (χ2v) is 4.83. The van der Waals surface area contributed by atoms with Gasteiger partial charge in [-0.05, 0) is 30.7 Å². The molecule has 6 heteroatoms. The highest BCUT2D eigenvalue weighted by Crippen LogP contribution is 2.20. The third-order valence-corrected chi connectivity index (χ3v) is 3.00. The summed E-state index contributed by atoms with van der Waals surface area (Å²) in [6.45, 7) is 2.01. The minimum absolute atomic E-state index is 0.0837. The number of unbranched alkanes of at least 4 members (excludes halogenated alkanes) is 1. The third-order valence-electron chi connectivity index (χ3n) is 3.00. The van der Waals surface area contributed by atoms with Crippen LogP contribution in [0.5, 0.6) is 0 Å². The van der Waals surface area contributed by atoms with Crippen LogP contribution in [0.15, 0.2) is 36.5 Å². The molecule has 0 spiro atoms. The molecule has 116 valence electrons. The lowest BCUT2D eigenvalue weighted by Crippen LogP contribution is -2.12. The van der Waals surface area contributed by atoms with Crippen LogP contribution >= 0.6 is 0 Å². The van der Waals surface area contributed by atoms with Gasteiger partial charge < -0.3 is 10.6 Å². The Morgan fingerprint density at radius 1 is 1.23 bits per heavy atom. The molecule has 22 heavy (non-hydrogen) atoms. The number of nitrogens with one attached hydrogen (secondary N) is 2. The summed E-state index contributed by atoms with van der Waals surface area (Å²) in [4.78, 5) is 15.7. The van der Waals surface area contributed by atoms with Crippen LogP contribution in [0.3, 0.4) is 0 Å². The first-order valence-electron chi connectivity index (χ1n) is 7.06. The first-order valence-corrected chi connectivity index (χ1v) is 7.06. The Morgan fingerprint density at radius 2 is 2.05 bits per heavy atom. The van der Waals surface area contributed by atoms with Crippen molar-refractivity contribution in [3.8, 4) is 0 Å². The summed E-state index contributed by atoms with van der Waals surface area (Å²) in [6.07, 6.45) is 3.71. The van der Waals surface area contributed by atoms with Gasteiger partial charge in [0, 0.05) is 12.5 Å². The number of amides is 1. The van der Waals surface area contributed by atoms with Gasteiger partial charge in [-0.3, -0.25) is 4.79 Å². The number of rotatable bonds is 6. The number of hydrogen-bond acceptors (Lipinski definition) is 3. The molecule has 0 saturated heterocycles. The Kier molecular flexibility index (Phi) is 5.41. The van der Waals surface area contributed by atoms with Crippen LogP contribution in [0, 0.1) is 11.6 Å². The number of hydrogen-bond donors (Lipinski definition) is 2. The Bertz CT molecular complexity index is 644. The SMILES string of the molecule is CCCCC(=O)Nc1ccc(Nc2ccc(F)cc2F)cn1. The molecular weight excluding hydrogens is 288 g/mol. The van der Waals surface area contributed by atoms with Gasteiger partial charge in [0.15, 0.2) is 0 Å². The molecule has 1 aromatic heterocycles. The molecule has 0 aliphatic heterocycles. The van der Waals surface area contributed by atoms with Crippen molar-refractivity contribution in [2.45, 2.75) is 26.2 Å². The van der Waals surface area contributed by atoms with Crippen molar-refractivity contribution < 1.29 is 13.6 Å². The van der Waals surface area contributed by atoms with E-state index in [-0.39, 0.29) is 11.6 Å². The highest BCUT2D eigenvalue weighted by molar-refractivity contribution is 5.89. The van der Waals surface area contributed by atoms with Gasteiger partial charge in [-0.2, -0.15) is 0 Å². The highest BCUT2D eigenvalue weighted by Gasteiger charge is 2.05. The smallest absolute Gasteiger partial charge is 0.225 e. The average Bonchev–Trinajstić information content (AvgIpc) is 2.50. The predicted molar refractivity (Wildman–Crippen MR) is 82.0 cm³/mol. The Balaban J connectivity index is 1.98. The number of carbonyl (C=O) groups excluding carboxylic acids is 1. The van der Waals surface area contributed by atoms with Gasteiger partial charge in [-0.1, -0.05) is 13.3 Å². The van der Waals surface area contributed by atoms with E-state index in [9.17, 15) is 13.6 Å². The van der Waals surface area contributed by atoms with Crippen LogP contribution in [0.4, 0.5) is 26.0 Å². The molecule has 1 amide bonds. The fourth-order valence-electron chi connectivity index (χ4n) is 1.83. The van der Waals surface area contributed by atoms with E-state index in [0.29, 0.717) is 17.9 Å². The molecular formula is C16H17F2N3O. The molecule has 0 saturated carbocycles. The standard InChI is InChI=1S/C16H17F2N3O/c1-2-3-4-16(22)21-15-8-6-12(10-19-15)20-14-7-5-11(17)9-13(14)18/h5-10,20H,2-4H2,1H3,(H,19,21,22). The highest BCUT2D eigenvalue weighted by atomic mass is 19.1. The van der Waals surface area contributed by atoms with Crippen LogP contribution in [-0.4, -0.2) is 10.9 Å². The molecule has 0 unspecified atom stereocenters. The summed E-state index contributed by atoms with van der Waals surface area (Å²) in [5, 5.41) is 5.48. The van der Waals surface area contributed by atoms with E-state index in [0.717, 1.165) is 18.9 Å². The van der Waals surface area contributed by atoms with Crippen molar-refractivity contribution in [1.82, 2.24) is 4.98 Å². The van der Waals surface area contributed by atoms with E-state index in [1.54, 1.807) is 12.1 Å². The predicted octanol–water partition coefficient (Wildman–Crippen LogP) is 4.23. The fourth-order valence-corrected chi connectivity index (χ4v) is 1.83. The molecule has 0 radical (unpaired) electrons. The largest absolute Gasteiger partial charge is 0.352 e. The van der Waals surface area contributed by atoms with E-state index >= 15 is 0 Å². The van der Waals surface area contributed by atoms with Gasteiger partial charge in [-0.25, -0.2) is 13.8 Å². The summed E-state index contributed by atoms with van der Waals surface area (Å²) >= 11 is 0. The van der Waals surface area contributed by atoms with Crippen LogP contribution < -0.4 is 10.6 Å². The Labute approximate surface area is 127 Å². The summed E-state index contributed by atoms with van der Waals surface area (Å²) < 4.78 is 26.4. The summed E-state index contributed by atoms with van der Waals surface area (Å²) in [5.74, 6) is -0.964. The van der Waals surface area contributed by atoms with E-state index in [2.05, 4.69) is 15.6 Å². The minimum atomic E-state index is -0.683. The zero-order valence-electron chi connectivity index (χ0n) is 12.2. The molecule has 1 aromatic carbocycles. The lowest BCUT2D eigenvalue weighted by molar-refractivity contribution is -0.116. The van der Waals surface area contributed by atoms with Gasteiger partial charge in [0.2, 0.25) is 5.91 Å². The number of nitrogens with zero attached hydrogens (tertiary/aromatic N) is 1. The molecule has 0 bridgehead atoms. The van der Waals surface area contributed by atoms with E-state index in [4.69, 9.17) is 0 Å². The van der Waals surface area contributed by atoms with Gasteiger partial charge in [0.05, 0.1) is 17.6 Å². The van der Waals surface area contributed by atoms with Crippen molar-refractivity contribution in [3.05, 3.63) is 48.2 Å². The maximum absolute atomic E-state index is 13.5. The van der Waals surface area contributed by atoms with Crippen molar-refractivity contribution in [3.63, 3.8) is 0 Å². The summed E-state index contributed by atoms with van der Waals surface area (Å²) in [5.41, 5.74) is 0.694. The molecule has 2 rings (SSSR count). The van der Waals surface area contributed by atoms with Crippen LogP contribution in [0.2, 0.25) is 0 Å². The van der Waals surface area contributed by atoms with Crippen molar-refractivity contribution >= 4 is 23.1 Å². The van der Waals surface area contributed by atoms with Crippen molar-refractivity contribution in [2.24, 2.45) is 0 Å². The normalized spacial score (nSPS) is 10.3. The molecule has 1 heterocycles. The summed E-state index contributed by atoms with van der Waals surface area (Å²) in [7, 11) is 0. The number of pyridine rings is 1.